The molecule has 190 valence electrons. The van der Waals surface area contributed by atoms with Crippen molar-refractivity contribution in [3.63, 3.8) is 0 Å². The molecule has 3 heterocycles. The van der Waals surface area contributed by atoms with Crippen LogP contribution in [0.2, 0.25) is 5.02 Å². The summed E-state index contributed by atoms with van der Waals surface area (Å²) in [6.45, 7) is 0. The van der Waals surface area contributed by atoms with Crippen LogP contribution in [0, 0.1) is 10.9 Å². The first-order valence-electron chi connectivity index (χ1n) is 10.9. The molecule has 37 heavy (non-hydrogen) atoms. The van der Waals surface area contributed by atoms with Gasteiger partial charge in [-0.25, -0.2) is 14.8 Å². The summed E-state index contributed by atoms with van der Waals surface area (Å²) in [5.74, 6) is -0.225. The zero-order chi connectivity index (χ0) is 26.7. The number of rotatable bonds is 9. The summed E-state index contributed by atoms with van der Waals surface area (Å²) in [5, 5.41) is 23.4. The van der Waals surface area contributed by atoms with E-state index in [2.05, 4.69) is 36.0 Å². The Morgan fingerprint density at radius 1 is 1.43 bits per heavy atom. The molecule has 0 amide bonds. The Morgan fingerprint density at radius 3 is 2.86 bits per heavy atom. The van der Waals surface area contributed by atoms with Gasteiger partial charge in [0.1, 0.15) is 23.3 Å². The normalized spacial score (nSPS) is 17.0. The van der Waals surface area contributed by atoms with E-state index in [4.69, 9.17) is 22.5 Å². The number of allylic oxidation sites excluding steroid dienone is 4. The van der Waals surface area contributed by atoms with Crippen molar-refractivity contribution >= 4 is 68.7 Å². The van der Waals surface area contributed by atoms with E-state index in [9.17, 15) is 14.7 Å². The van der Waals surface area contributed by atoms with Crippen molar-refractivity contribution in [1.29, 1.82) is 10.9 Å². The molecule has 3 aromatic rings. The Balaban J connectivity index is 1.68. The molecule has 1 atom stereocenters. The highest BCUT2D eigenvalue weighted by molar-refractivity contribution is 9.12. The molecular weight excluding hydrogens is 582 g/mol. The lowest BCUT2D eigenvalue weighted by atomic mass is 10.0. The minimum absolute atomic E-state index is 0.0773. The molecule has 1 aliphatic rings. The number of hydrogen-bond donors (Lipinski definition) is 4. The average molecular weight is 603 g/mol. The standard InChI is InChI=1S/C24H21BrClN7O3S/c1-32-19(4-5-20(32)23-29-10-17(30-23)13-8-21(24(35)36)37-11-13)22(25)15(6-7-34)16-9-14(26)2-3-18(16)33(12-27)31-28/h2-3,6-12,20,27-28H,4-5H2,1H3,(H,29,30)(H,35,36)/b15-6-,22-19+,27-12?,31-28?. The number of halogens is 2. The molecule has 0 spiro atoms. The number of hydrogen-bond acceptors (Lipinski definition) is 8. The van der Waals surface area contributed by atoms with Crippen LogP contribution < -0.4 is 5.01 Å². The van der Waals surface area contributed by atoms with Crippen molar-refractivity contribution in [2.45, 2.75) is 18.9 Å². The molecule has 2 aromatic heterocycles. The monoisotopic (exact) mass is 601 g/mol. The summed E-state index contributed by atoms with van der Waals surface area (Å²) in [4.78, 5) is 33.0. The predicted molar refractivity (Wildman–Crippen MR) is 146 cm³/mol. The first-order chi connectivity index (χ1) is 17.8. The van der Waals surface area contributed by atoms with Crippen molar-refractivity contribution in [1.82, 2.24) is 14.9 Å². The van der Waals surface area contributed by atoms with Gasteiger partial charge in [-0.1, -0.05) is 16.8 Å². The van der Waals surface area contributed by atoms with E-state index < -0.39 is 5.97 Å². The van der Waals surface area contributed by atoms with Crippen molar-refractivity contribution in [2.24, 2.45) is 5.22 Å². The Kier molecular flexibility index (Phi) is 8.00. The molecule has 10 nitrogen and oxygen atoms in total. The molecule has 13 heteroatoms. The number of nitrogens with zero attached hydrogens (tertiary/aromatic N) is 4. The molecule has 0 radical (unpaired) electrons. The maximum atomic E-state index is 11.6. The second kappa shape index (κ2) is 11.2. The first-order valence-corrected chi connectivity index (χ1v) is 13.0. The number of benzene rings is 1. The van der Waals surface area contributed by atoms with E-state index in [0.717, 1.165) is 51.9 Å². The van der Waals surface area contributed by atoms with Gasteiger partial charge in [-0.05, 0) is 59.1 Å². The highest BCUT2D eigenvalue weighted by Crippen LogP contribution is 2.44. The summed E-state index contributed by atoms with van der Waals surface area (Å²) < 4.78 is 0.666. The fourth-order valence-electron chi connectivity index (χ4n) is 4.24. The summed E-state index contributed by atoms with van der Waals surface area (Å²) in [6.07, 6.45) is 6.11. The number of aromatic amines is 1. The molecule has 1 unspecified atom stereocenters. The first kappa shape index (κ1) is 26.5. The van der Waals surface area contributed by atoms with Crippen LogP contribution in [0.25, 0.3) is 16.8 Å². The van der Waals surface area contributed by atoms with E-state index >= 15 is 0 Å². The molecule has 0 aliphatic carbocycles. The van der Waals surface area contributed by atoms with Crippen molar-refractivity contribution in [3.8, 4) is 11.3 Å². The number of thiophene rings is 1. The lowest BCUT2D eigenvalue weighted by Crippen LogP contribution is -2.18. The third-order valence-electron chi connectivity index (χ3n) is 6.03. The molecule has 0 saturated carbocycles. The molecule has 1 aliphatic heterocycles. The number of aldehydes is 1. The molecular formula is C24H21BrClN7O3S. The van der Waals surface area contributed by atoms with E-state index in [1.54, 1.807) is 35.8 Å². The number of anilines is 1. The summed E-state index contributed by atoms with van der Waals surface area (Å²) in [6, 6.07) is 6.46. The van der Waals surface area contributed by atoms with E-state index in [1.165, 1.54) is 6.08 Å². The minimum Gasteiger partial charge on any atom is -0.477 e. The van der Waals surface area contributed by atoms with Gasteiger partial charge in [-0.2, -0.15) is 5.53 Å². The number of imidazole rings is 1. The van der Waals surface area contributed by atoms with Gasteiger partial charge in [0.2, 0.25) is 0 Å². The van der Waals surface area contributed by atoms with Crippen LogP contribution in [0.15, 0.2) is 57.3 Å². The van der Waals surface area contributed by atoms with Crippen LogP contribution in [-0.2, 0) is 4.79 Å². The van der Waals surface area contributed by atoms with Crippen molar-refractivity contribution in [2.75, 3.05) is 12.1 Å². The van der Waals surface area contributed by atoms with Gasteiger partial charge in [0, 0.05) is 44.3 Å². The third kappa shape index (κ3) is 5.26. The number of carboxylic acid groups (broad SMARTS) is 1. The number of likely N-dealkylation sites (tertiary alicyclic amines) is 1. The van der Waals surface area contributed by atoms with Crippen LogP contribution in [0.4, 0.5) is 5.69 Å². The van der Waals surface area contributed by atoms with Gasteiger partial charge in [-0.15, -0.1) is 11.3 Å². The van der Waals surface area contributed by atoms with Crippen LogP contribution in [0.5, 0.6) is 0 Å². The summed E-state index contributed by atoms with van der Waals surface area (Å²) in [5.41, 5.74) is 11.3. The van der Waals surface area contributed by atoms with Gasteiger partial charge in [0.15, 0.2) is 0 Å². The zero-order valence-electron chi connectivity index (χ0n) is 19.4. The zero-order valence-corrected chi connectivity index (χ0v) is 22.6. The lowest BCUT2D eigenvalue weighted by Gasteiger charge is -2.24. The Bertz CT molecular complexity index is 1440. The Labute approximate surface area is 229 Å². The number of H-pyrrole nitrogens is 1. The number of nitrogens with one attached hydrogen (secondary N) is 3. The molecule has 1 fully saturated rings. The van der Waals surface area contributed by atoms with Crippen LogP contribution >= 0.6 is 38.9 Å². The largest absolute Gasteiger partial charge is 0.477 e. The molecule has 1 saturated heterocycles. The highest BCUT2D eigenvalue weighted by Gasteiger charge is 2.32. The minimum atomic E-state index is -0.965. The van der Waals surface area contributed by atoms with Gasteiger partial charge in [-0.3, -0.25) is 10.2 Å². The third-order valence-corrected chi connectivity index (χ3v) is 8.07. The fraction of sp³-hybridized carbons (Fsp3) is 0.167. The fourth-order valence-corrected chi connectivity index (χ4v) is 5.98. The maximum Gasteiger partial charge on any atom is 0.345 e. The van der Waals surface area contributed by atoms with Gasteiger partial charge >= 0.3 is 5.97 Å². The second-order valence-electron chi connectivity index (χ2n) is 8.06. The molecule has 4 rings (SSSR count). The Morgan fingerprint density at radius 2 is 2.22 bits per heavy atom. The average Bonchev–Trinajstić information content (AvgIpc) is 3.63. The number of carboxylic acids is 1. The number of aromatic nitrogens is 2. The van der Waals surface area contributed by atoms with Crippen molar-refractivity contribution in [3.05, 3.63) is 73.4 Å². The number of carbonyl (C=O) groups excluding carboxylic acids is 1. The quantitative estimate of drug-likeness (QED) is 0.0548. The van der Waals surface area contributed by atoms with Crippen LogP contribution in [0.1, 0.15) is 39.9 Å². The van der Waals surface area contributed by atoms with Gasteiger partial charge in [0.25, 0.3) is 0 Å². The lowest BCUT2D eigenvalue weighted by molar-refractivity contribution is -0.104. The second-order valence-corrected chi connectivity index (χ2v) is 10.2. The molecule has 4 N–H and O–H groups in total. The number of carbonyl (C=O) groups is 2. The number of aromatic carboxylic acids is 1. The topological polar surface area (TPSA) is 150 Å². The van der Waals surface area contributed by atoms with Gasteiger partial charge < -0.3 is 15.0 Å². The molecule has 1 aromatic carbocycles. The summed E-state index contributed by atoms with van der Waals surface area (Å²) in [7, 11) is 1.93. The Hall–Kier alpha value is -3.61. The SMILES string of the molecule is CN1/C(=C(Br)\C(=C/C=O)c2cc(Cl)ccc2N(C=N)N=N)CCC1c1ncc(-c2csc(C(=O)O)c2)[nH]1. The smallest absolute Gasteiger partial charge is 0.345 e. The maximum absolute atomic E-state index is 11.6. The van der Waals surface area contributed by atoms with Crippen molar-refractivity contribution < 1.29 is 14.7 Å². The van der Waals surface area contributed by atoms with Gasteiger partial charge in [0.05, 0.1) is 23.6 Å². The summed E-state index contributed by atoms with van der Waals surface area (Å²) >= 11 is 11.1. The van der Waals surface area contributed by atoms with E-state index in [0.29, 0.717) is 39.0 Å². The van der Waals surface area contributed by atoms with E-state index in [-0.39, 0.29) is 10.9 Å². The van der Waals surface area contributed by atoms with Crippen LogP contribution in [0.3, 0.4) is 0 Å². The van der Waals surface area contributed by atoms with E-state index in [1.807, 2.05) is 7.05 Å². The molecule has 0 bridgehead atoms. The highest BCUT2D eigenvalue weighted by atomic mass is 79.9. The predicted octanol–water partition coefficient (Wildman–Crippen LogP) is 6.50. The van der Waals surface area contributed by atoms with Crippen LogP contribution in [-0.4, -0.2) is 45.6 Å².